The van der Waals surface area contributed by atoms with Gasteiger partial charge in [0.05, 0.1) is 17.6 Å². The van der Waals surface area contributed by atoms with Gasteiger partial charge >= 0.3 is 0 Å². The molecule has 3 nitrogen and oxygen atoms in total. The van der Waals surface area contributed by atoms with E-state index in [9.17, 15) is 5.11 Å². The first-order chi connectivity index (χ1) is 9.69. The van der Waals surface area contributed by atoms with Crippen molar-refractivity contribution in [2.75, 3.05) is 6.61 Å². The molecular formula is C16H15ClN2O. The van der Waals surface area contributed by atoms with E-state index in [1.807, 2.05) is 34.9 Å². The molecule has 3 rings (SSSR count). The topological polar surface area (TPSA) is 38.0 Å². The van der Waals surface area contributed by atoms with Crippen LogP contribution >= 0.6 is 11.6 Å². The molecule has 0 aliphatic carbocycles. The molecule has 0 saturated carbocycles. The fraction of sp³-hybridized carbons (Fsp3) is 0.188. The Bertz CT molecular complexity index is 764. The average Bonchev–Trinajstić information content (AvgIpc) is 2.78. The van der Waals surface area contributed by atoms with E-state index in [1.54, 1.807) is 0 Å². The lowest BCUT2D eigenvalue weighted by molar-refractivity contribution is 0.278. The van der Waals surface area contributed by atoms with E-state index in [4.69, 9.17) is 11.6 Å². The molecule has 0 aliphatic heterocycles. The molecule has 102 valence electrons. The summed E-state index contributed by atoms with van der Waals surface area (Å²) < 4.78 is 2.01. The van der Waals surface area contributed by atoms with Crippen LogP contribution in [0.4, 0.5) is 0 Å². The Morgan fingerprint density at radius 2 is 2.05 bits per heavy atom. The number of halogens is 1. The maximum absolute atomic E-state index is 9.31. The summed E-state index contributed by atoms with van der Waals surface area (Å²) in [6, 6.07) is 13.8. The van der Waals surface area contributed by atoms with E-state index >= 15 is 0 Å². The number of hydrogen-bond donors (Lipinski definition) is 1. The van der Waals surface area contributed by atoms with Gasteiger partial charge in [-0.25, -0.2) is 4.98 Å². The summed E-state index contributed by atoms with van der Waals surface area (Å²) >= 11 is 6.07. The Kier molecular flexibility index (Phi) is 3.47. The first-order valence-corrected chi connectivity index (χ1v) is 6.90. The lowest BCUT2D eigenvalue weighted by Crippen LogP contribution is -2.04. The summed E-state index contributed by atoms with van der Waals surface area (Å²) in [5, 5.41) is 9.98. The Morgan fingerprint density at radius 1 is 1.20 bits per heavy atom. The van der Waals surface area contributed by atoms with Crippen molar-refractivity contribution in [1.29, 1.82) is 0 Å². The van der Waals surface area contributed by atoms with Crippen molar-refractivity contribution >= 4 is 22.6 Å². The molecule has 2 aromatic carbocycles. The Hall–Kier alpha value is -1.84. The minimum absolute atomic E-state index is 0.0663. The third-order valence-corrected chi connectivity index (χ3v) is 3.55. The van der Waals surface area contributed by atoms with E-state index in [-0.39, 0.29) is 6.61 Å². The van der Waals surface area contributed by atoms with Crippen molar-refractivity contribution in [3.8, 4) is 11.4 Å². The number of fused-ring (bicyclic) bond motifs is 1. The highest BCUT2D eigenvalue weighted by Crippen LogP contribution is 2.27. The van der Waals surface area contributed by atoms with E-state index in [0.717, 1.165) is 22.4 Å². The fourth-order valence-corrected chi connectivity index (χ4v) is 2.59. The highest BCUT2D eigenvalue weighted by Gasteiger charge is 2.12. The Labute approximate surface area is 122 Å². The van der Waals surface area contributed by atoms with Crippen LogP contribution < -0.4 is 0 Å². The van der Waals surface area contributed by atoms with Crippen LogP contribution in [0.3, 0.4) is 0 Å². The largest absolute Gasteiger partial charge is 0.395 e. The minimum atomic E-state index is 0.0663. The molecule has 1 aromatic heterocycles. The molecule has 0 bridgehead atoms. The van der Waals surface area contributed by atoms with Crippen LogP contribution in [-0.4, -0.2) is 21.3 Å². The smallest absolute Gasteiger partial charge is 0.141 e. The quantitative estimate of drug-likeness (QED) is 0.798. The molecule has 0 unspecified atom stereocenters. The van der Waals surface area contributed by atoms with Gasteiger partial charge in [-0.1, -0.05) is 35.4 Å². The highest BCUT2D eigenvalue weighted by molar-refractivity contribution is 6.31. The molecule has 0 spiro atoms. The monoisotopic (exact) mass is 286 g/mol. The van der Waals surface area contributed by atoms with Crippen molar-refractivity contribution < 1.29 is 5.11 Å². The summed E-state index contributed by atoms with van der Waals surface area (Å²) in [6.07, 6.45) is 0. The third-order valence-electron chi connectivity index (χ3n) is 3.31. The summed E-state index contributed by atoms with van der Waals surface area (Å²) in [4.78, 5) is 4.68. The zero-order valence-corrected chi connectivity index (χ0v) is 11.9. The maximum atomic E-state index is 9.31. The number of aryl methyl sites for hydroxylation is 1. The molecule has 0 amide bonds. The van der Waals surface area contributed by atoms with Crippen molar-refractivity contribution in [1.82, 2.24) is 9.55 Å². The van der Waals surface area contributed by atoms with Crippen molar-refractivity contribution in [3.63, 3.8) is 0 Å². The van der Waals surface area contributed by atoms with Gasteiger partial charge < -0.3 is 9.67 Å². The van der Waals surface area contributed by atoms with Gasteiger partial charge in [0.25, 0.3) is 0 Å². The van der Waals surface area contributed by atoms with Crippen molar-refractivity contribution in [3.05, 3.63) is 53.1 Å². The zero-order chi connectivity index (χ0) is 14.1. The molecule has 4 heteroatoms. The first kappa shape index (κ1) is 13.2. The lowest BCUT2D eigenvalue weighted by atomic mass is 10.1. The second-order valence-electron chi connectivity index (χ2n) is 4.81. The number of benzene rings is 2. The molecule has 1 N–H and O–H groups in total. The molecule has 3 aromatic rings. The van der Waals surface area contributed by atoms with Gasteiger partial charge in [-0.05, 0) is 31.2 Å². The SMILES string of the molecule is Cc1cccc(-c2nc3ccc(Cl)cc3n2CCO)c1. The van der Waals surface area contributed by atoms with Crippen molar-refractivity contribution in [2.24, 2.45) is 0 Å². The number of nitrogens with zero attached hydrogens (tertiary/aromatic N) is 2. The van der Waals surface area contributed by atoms with Crippen LogP contribution in [0, 0.1) is 6.92 Å². The van der Waals surface area contributed by atoms with Crippen LogP contribution in [0.1, 0.15) is 5.56 Å². The summed E-state index contributed by atoms with van der Waals surface area (Å²) in [7, 11) is 0. The molecule has 1 heterocycles. The van der Waals surface area contributed by atoms with E-state index < -0.39 is 0 Å². The van der Waals surface area contributed by atoms with Gasteiger partial charge in [0, 0.05) is 17.1 Å². The van der Waals surface area contributed by atoms with Crippen LogP contribution in [0.15, 0.2) is 42.5 Å². The number of aromatic nitrogens is 2. The standard InChI is InChI=1S/C16H15ClN2O/c1-11-3-2-4-12(9-11)16-18-14-6-5-13(17)10-15(14)19(16)7-8-20/h2-6,9-10,20H,7-8H2,1H3. The first-order valence-electron chi connectivity index (χ1n) is 6.53. The number of aliphatic hydroxyl groups excluding tert-OH is 1. The molecule has 0 atom stereocenters. The maximum Gasteiger partial charge on any atom is 0.141 e. The van der Waals surface area contributed by atoms with E-state index in [2.05, 4.69) is 24.0 Å². The molecule has 20 heavy (non-hydrogen) atoms. The molecular weight excluding hydrogens is 272 g/mol. The number of hydrogen-bond acceptors (Lipinski definition) is 2. The van der Waals surface area contributed by atoms with Gasteiger partial charge in [0.2, 0.25) is 0 Å². The van der Waals surface area contributed by atoms with Gasteiger partial charge in [0.15, 0.2) is 0 Å². The second-order valence-corrected chi connectivity index (χ2v) is 5.25. The minimum Gasteiger partial charge on any atom is -0.395 e. The zero-order valence-electron chi connectivity index (χ0n) is 11.2. The predicted octanol–water partition coefficient (Wildman–Crippen LogP) is 3.66. The van der Waals surface area contributed by atoms with Gasteiger partial charge in [0.1, 0.15) is 5.82 Å². The van der Waals surface area contributed by atoms with Gasteiger partial charge in [-0.2, -0.15) is 0 Å². The molecule has 0 fully saturated rings. The summed E-state index contributed by atoms with van der Waals surface area (Å²) in [5.41, 5.74) is 4.07. The second kappa shape index (κ2) is 5.27. The van der Waals surface area contributed by atoms with Gasteiger partial charge in [-0.3, -0.25) is 0 Å². The van der Waals surface area contributed by atoms with Crippen LogP contribution in [-0.2, 0) is 6.54 Å². The van der Waals surface area contributed by atoms with E-state index in [1.165, 1.54) is 5.56 Å². The molecule has 0 aliphatic rings. The van der Waals surface area contributed by atoms with Crippen LogP contribution in [0.25, 0.3) is 22.4 Å². The summed E-state index contributed by atoms with van der Waals surface area (Å²) in [5.74, 6) is 0.861. The normalized spacial score (nSPS) is 11.2. The number of rotatable bonds is 3. The Morgan fingerprint density at radius 3 is 2.80 bits per heavy atom. The average molecular weight is 287 g/mol. The Balaban J connectivity index is 2.26. The van der Waals surface area contributed by atoms with Gasteiger partial charge in [-0.15, -0.1) is 0 Å². The van der Waals surface area contributed by atoms with Crippen LogP contribution in [0.2, 0.25) is 5.02 Å². The fourth-order valence-electron chi connectivity index (χ4n) is 2.43. The van der Waals surface area contributed by atoms with Crippen molar-refractivity contribution in [2.45, 2.75) is 13.5 Å². The highest BCUT2D eigenvalue weighted by atomic mass is 35.5. The number of imidazole rings is 1. The summed E-state index contributed by atoms with van der Waals surface area (Å²) in [6.45, 7) is 2.62. The molecule has 0 radical (unpaired) electrons. The van der Waals surface area contributed by atoms with Crippen LogP contribution in [0.5, 0.6) is 0 Å². The molecule has 0 saturated heterocycles. The predicted molar refractivity (Wildman–Crippen MR) is 82.0 cm³/mol. The van der Waals surface area contributed by atoms with E-state index in [0.29, 0.717) is 11.6 Å². The number of aliphatic hydroxyl groups is 1. The lowest BCUT2D eigenvalue weighted by Gasteiger charge is -2.08. The third kappa shape index (κ3) is 2.30.